The number of nitrogens with two attached hydrogens (primary N) is 1. The second-order valence-electron chi connectivity index (χ2n) is 9.85. The highest BCUT2D eigenvalue weighted by Crippen LogP contribution is 2.37. The van der Waals surface area contributed by atoms with Crippen molar-refractivity contribution in [3.63, 3.8) is 0 Å². The molecule has 2 N–H and O–H groups in total. The van der Waals surface area contributed by atoms with Crippen molar-refractivity contribution in [3.05, 3.63) is 22.6 Å². The lowest BCUT2D eigenvalue weighted by Gasteiger charge is -2.34. The third-order valence-corrected chi connectivity index (χ3v) is 8.14. The Labute approximate surface area is 216 Å². The average Bonchev–Trinajstić information content (AvgIpc) is 3.47. The number of fused-ring (bicyclic) bond motifs is 2. The number of rotatable bonds is 8. The maximum Gasteiger partial charge on any atom is 0.451 e. The molecule has 0 spiro atoms. The Morgan fingerprint density at radius 3 is 2.78 bits per heavy atom. The first kappa shape index (κ1) is 25.7. The maximum atomic E-state index is 13.3. The molecule has 0 bridgehead atoms. The van der Waals surface area contributed by atoms with Crippen molar-refractivity contribution in [1.29, 1.82) is 0 Å². The lowest BCUT2D eigenvalue weighted by Crippen LogP contribution is -2.38. The molecule has 0 saturated carbocycles. The molecular formula is C24H31F3N8OS. The number of nitrogens with zero attached hydrogens (tertiary/aromatic N) is 7. The monoisotopic (exact) mass is 536 g/mol. The first-order chi connectivity index (χ1) is 17.7. The van der Waals surface area contributed by atoms with Crippen LogP contribution in [0.5, 0.6) is 0 Å². The van der Waals surface area contributed by atoms with Gasteiger partial charge in [0, 0.05) is 37.5 Å². The van der Waals surface area contributed by atoms with E-state index in [0.29, 0.717) is 24.8 Å². The van der Waals surface area contributed by atoms with Gasteiger partial charge in [-0.3, -0.25) is 4.79 Å². The summed E-state index contributed by atoms with van der Waals surface area (Å²) >= 11 is 1.65. The van der Waals surface area contributed by atoms with Crippen LogP contribution in [0.15, 0.2) is 6.07 Å². The van der Waals surface area contributed by atoms with Crippen molar-refractivity contribution in [2.75, 3.05) is 29.4 Å². The number of aromatic nitrogens is 5. The highest BCUT2D eigenvalue weighted by atomic mass is 32.1. The summed E-state index contributed by atoms with van der Waals surface area (Å²) in [7, 11) is 0. The molecule has 200 valence electrons. The third-order valence-electron chi connectivity index (χ3n) is 7.05. The van der Waals surface area contributed by atoms with Crippen LogP contribution in [0.4, 0.5) is 24.9 Å². The minimum absolute atomic E-state index is 0.135. The number of anilines is 2. The molecular weight excluding hydrogens is 505 g/mol. The van der Waals surface area contributed by atoms with E-state index >= 15 is 0 Å². The van der Waals surface area contributed by atoms with Gasteiger partial charge in [-0.05, 0) is 44.1 Å². The van der Waals surface area contributed by atoms with Crippen LogP contribution in [0.3, 0.4) is 0 Å². The summed E-state index contributed by atoms with van der Waals surface area (Å²) < 4.78 is 41.2. The van der Waals surface area contributed by atoms with Gasteiger partial charge >= 0.3 is 6.18 Å². The van der Waals surface area contributed by atoms with Crippen LogP contribution in [0, 0.1) is 5.92 Å². The molecule has 1 amide bonds. The number of piperidine rings is 1. The van der Waals surface area contributed by atoms with Crippen LogP contribution >= 0.6 is 11.3 Å². The van der Waals surface area contributed by atoms with Crippen LogP contribution in [0.2, 0.25) is 0 Å². The zero-order valence-corrected chi connectivity index (χ0v) is 21.6. The second-order valence-corrected chi connectivity index (χ2v) is 11.0. The summed E-state index contributed by atoms with van der Waals surface area (Å²) in [6.45, 7) is 4.48. The standard InChI is InChI=1S/C24H31F3N8OS/c1-2-5-16-12-17-20(33-10-11-35-19(14-33)31-32-22(35)24(25,26)27)29-23(30-21(17)37-16)34-9-4-7-15(13-34)6-3-8-18(28)36/h12,15H,2-11,13-14H2,1H3,(H2,28,36)/t15-/m1/s1. The van der Waals surface area contributed by atoms with Gasteiger partial charge in [0.1, 0.15) is 10.6 Å². The van der Waals surface area contributed by atoms with E-state index in [-0.39, 0.29) is 24.8 Å². The first-order valence-corrected chi connectivity index (χ1v) is 13.6. The molecule has 3 aromatic rings. The smallest absolute Gasteiger partial charge is 0.370 e. The third kappa shape index (κ3) is 5.51. The molecule has 1 saturated heterocycles. The van der Waals surface area contributed by atoms with Gasteiger partial charge in [0.25, 0.3) is 0 Å². The normalized spacial score (nSPS) is 18.4. The Kier molecular flexibility index (Phi) is 7.24. The van der Waals surface area contributed by atoms with Gasteiger partial charge in [-0.1, -0.05) is 13.3 Å². The number of halogens is 3. The van der Waals surface area contributed by atoms with E-state index in [4.69, 9.17) is 15.7 Å². The Bertz CT molecular complexity index is 1270. The Balaban J connectivity index is 1.44. The van der Waals surface area contributed by atoms with Crippen LogP contribution in [0.25, 0.3) is 10.2 Å². The lowest BCUT2D eigenvalue weighted by atomic mass is 9.93. The number of carbonyl (C=O) groups is 1. The van der Waals surface area contributed by atoms with Crippen LogP contribution in [-0.4, -0.2) is 50.3 Å². The van der Waals surface area contributed by atoms with Crippen LogP contribution in [-0.2, 0) is 30.5 Å². The summed E-state index contributed by atoms with van der Waals surface area (Å²) in [4.78, 5) is 27.4. The predicted octanol–water partition coefficient (Wildman–Crippen LogP) is 4.15. The SMILES string of the molecule is CCCc1cc2c(N3CCn4c(nnc4C(F)(F)F)C3)nc(N3CCC[C@@H](CCCC(N)=O)C3)nc2s1. The molecule has 37 heavy (non-hydrogen) atoms. The van der Waals surface area contributed by atoms with E-state index in [1.165, 1.54) is 4.88 Å². The van der Waals surface area contributed by atoms with E-state index < -0.39 is 12.0 Å². The summed E-state index contributed by atoms with van der Waals surface area (Å²) in [5.41, 5.74) is 5.30. The maximum absolute atomic E-state index is 13.3. The fourth-order valence-corrected chi connectivity index (χ4v) is 6.41. The number of alkyl halides is 3. The number of primary amides is 1. The minimum atomic E-state index is -4.53. The fourth-order valence-electron chi connectivity index (χ4n) is 5.29. The molecule has 3 aromatic heterocycles. The Morgan fingerprint density at radius 1 is 1.19 bits per heavy atom. The van der Waals surface area contributed by atoms with Gasteiger partial charge in [0.15, 0.2) is 5.82 Å². The van der Waals surface area contributed by atoms with E-state index in [2.05, 4.69) is 28.1 Å². The van der Waals surface area contributed by atoms with Crippen LogP contribution < -0.4 is 15.5 Å². The number of thiophene rings is 1. The van der Waals surface area contributed by atoms with Crippen molar-refractivity contribution in [3.8, 4) is 0 Å². The number of hydrogen-bond acceptors (Lipinski definition) is 8. The summed E-state index contributed by atoms with van der Waals surface area (Å²) in [5.74, 6) is 0.873. The topological polar surface area (TPSA) is 106 Å². The van der Waals surface area contributed by atoms with Crippen molar-refractivity contribution in [2.45, 2.75) is 71.1 Å². The van der Waals surface area contributed by atoms with Gasteiger partial charge in [-0.15, -0.1) is 21.5 Å². The highest BCUT2D eigenvalue weighted by Gasteiger charge is 2.40. The van der Waals surface area contributed by atoms with Crippen molar-refractivity contribution >= 4 is 39.2 Å². The van der Waals surface area contributed by atoms with Crippen molar-refractivity contribution in [1.82, 2.24) is 24.7 Å². The van der Waals surface area contributed by atoms with E-state index in [1.54, 1.807) is 11.3 Å². The molecule has 1 fully saturated rings. The molecule has 5 heterocycles. The average molecular weight is 537 g/mol. The number of amides is 1. The predicted molar refractivity (Wildman–Crippen MR) is 135 cm³/mol. The molecule has 9 nitrogen and oxygen atoms in total. The van der Waals surface area contributed by atoms with Gasteiger partial charge in [0.05, 0.1) is 11.9 Å². The molecule has 1 atom stereocenters. The van der Waals surface area contributed by atoms with Crippen molar-refractivity contribution in [2.24, 2.45) is 11.7 Å². The molecule has 0 unspecified atom stereocenters. The molecule has 0 aliphatic carbocycles. The van der Waals surface area contributed by atoms with Gasteiger partial charge in [0.2, 0.25) is 17.7 Å². The van der Waals surface area contributed by atoms with E-state index in [9.17, 15) is 18.0 Å². The molecule has 2 aliphatic rings. The van der Waals surface area contributed by atoms with Gasteiger partial charge in [-0.25, -0.2) is 4.98 Å². The first-order valence-electron chi connectivity index (χ1n) is 12.8. The Hall–Kier alpha value is -2.96. The molecule has 0 radical (unpaired) electrons. The highest BCUT2D eigenvalue weighted by molar-refractivity contribution is 7.18. The number of carbonyl (C=O) groups excluding carboxylic acids is 1. The largest absolute Gasteiger partial charge is 0.451 e. The quantitative estimate of drug-likeness (QED) is 0.461. The molecule has 0 aromatic carbocycles. The zero-order chi connectivity index (χ0) is 26.2. The summed E-state index contributed by atoms with van der Waals surface area (Å²) in [5, 5.41) is 8.19. The second kappa shape index (κ2) is 10.4. The summed E-state index contributed by atoms with van der Waals surface area (Å²) in [6.07, 6.45) is 1.61. The van der Waals surface area contributed by atoms with Crippen LogP contribution in [0.1, 0.15) is 62.0 Å². The fraction of sp³-hybridized carbons (Fsp3) is 0.625. The van der Waals surface area contributed by atoms with E-state index in [1.807, 2.05) is 4.90 Å². The molecule has 5 rings (SSSR count). The van der Waals surface area contributed by atoms with Gasteiger partial charge in [-0.2, -0.15) is 18.2 Å². The van der Waals surface area contributed by atoms with E-state index in [0.717, 1.165) is 72.2 Å². The Morgan fingerprint density at radius 2 is 2.03 bits per heavy atom. The number of aryl methyl sites for hydroxylation is 1. The summed E-state index contributed by atoms with van der Waals surface area (Å²) in [6, 6.07) is 2.12. The molecule has 13 heteroatoms. The van der Waals surface area contributed by atoms with Crippen molar-refractivity contribution < 1.29 is 18.0 Å². The zero-order valence-electron chi connectivity index (χ0n) is 20.8. The lowest BCUT2D eigenvalue weighted by molar-refractivity contribution is -0.147. The van der Waals surface area contributed by atoms with Gasteiger partial charge < -0.3 is 20.1 Å². The number of hydrogen-bond donors (Lipinski definition) is 1. The molecule has 2 aliphatic heterocycles. The minimum Gasteiger partial charge on any atom is -0.370 e.